The summed E-state index contributed by atoms with van der Waals surface area (Å²) in [6.07, 6.45) is 3.19. The topological polar surface area (TPSA) is 52.6 Å². The van der Waals surface area contributed by atoms with Crippen molar-refractivity contribution in [1.82, 2.24) is 0 Å². The van der Waals surface area contributed by atoms with Crippen molar-refractivity contribution >= 4 is 33.8 Å². The summed E-state index contributed by atoms with van der Waals surface area (Å²) in [6, 6.07) is 21.0. The van der Waals surface area contributed by atoms with Gasteiger partial charge in [-0.3, -0.25) is 4.79 Å². The molecule has 0 spiro atoms. The van der Waals surface area contributed by atoms with Gasteiger partial charge in [0.2, 0.25) is 0 Å². The Kier molecular flexibility index (Phi) is 6.40. The van der Waals surface area contributed by atoms with Crippen LogP contribution in [0, 0.1) is 0 Å². The molecular weight excluding hydrogens is 420 g/mol. The first-order valence-corrected chi connectivity index (χ1v) is 9.29. The average molecular weight is 437 g/mol. The first-order valence-electron chi connectivity index (χ1n) is 8.50. The normalized spacial score (nSPS) is 10.6. The Morgan fingerprint density at radius 3 is 2.25 bits per heavy atom. The van der Waals surface area contributed by atoms with Gasteiger partial charge in [-0.25, -0.2) is 4.79 Å². The number of carbonyl (C=O) groups excluding carboxylic acids is 2. The van der Waals surface area contributed by atoms with Gasteiger partial charge in [0.1, 0.15) is 0 Å². The second-order valence-corrected chi connectivity index (χ2v) is 6.79. The van der Waals surface area contributed by atoms with E-state index in [1.807, 2.05) is 18.2 Å². The van der Waals surface area contributed by atoms with E-state index in [2.05, 4.69) is 15.9 Å². The smallest absolute Gasteiger partial charge is 0.343 e. The fourth-order valence-electron chi connectivity index (χ4n) is 2.49. The molecule has 0 aliphatic rings. The summed E-state index contributed by atoms with van der Waals surface area (Å²) < 4.78 is 11.6. The highest BCUT2D eigenvalue weighted by atomic mass is 79.9. The highest BCUT2D eigenvalue weighted by Crippen LogP contribution is 2.29. The lowest BCUT2D eigenvalue weighted by Gasteiger charge is -2.10. The molecule has 0 aromatic heterocycles. The zero-order valence-electron chi connectivity index (χ0n) is 15.1. The average Bonchev–Trinajstić information content (AvgIpc) is 2.73. The summed E-state index contributed by atoms with van der Waals surface area (Å²) in [5.74, 6) is 0.139. The second-order valence-electron chi connectivity index (χ2n) is 5.87. The number of allylic oxidation sites excluding steroid dienone is 1. The molecule has 4 nitrogen and oxygen atoms in total. The predicted molar refractivity (Wildman–Crippen MR) is 112 cm³/mol. The highest BCUT2D eigenvalue weighted by Gasteiger charge is 2.12. The van der Waals surface area contributed by atoms with Gasteiger partial charge in [-0.15, -0.1) is 0 Å². The Morgan fingerprint density at radius 1 is 0.857 bits per heavy atom. The second kappa shape index (κ2) is 9.15. The molecule has 140 valence electrons. The van der Waals surface area contributed by atoms with Gasteiger partial charge >= 0.3 is 5.97 Å². The van der Waals surface area contributed by atoms with Gasteiger partial charge in [0.25, 0.3) is 0 Å². The summed E-state index contributed by atoms with van der Waals surface area (Å²) >= 11 is 3.33. The van der Waals surface area contributed by atoms with E-state index < -0.39 is 5.97 Å². The van der Waals surface area contributed by atoms with Crippen molar-refractivity contribution in [2.45, 2.75) is 0 Å². The molecule has 28 heavy (non-hydrogen) atoms. The number of ether oxygens (including phenoxy) is 2. The molecule has 0 aliphatic heterocycles. The van der Waals surface area contributed by atoms with Crippen molar-refractivity contribution < 1.29 is 19.1 Å². The van der Waals surface area contributed by atoms with E-state index in [1.54, 1.807) is 60.7 Å². The molecule has 0 N–H and O–H groups in total. The van der Waals surface area contributed by atoms with Crippen molar-refractivity contribution in [3.05, 3.63) is 100 Å². The summed E-state index contributed by atoms with van der Waals surface area (Å²) in [6.45, 7) is 0. The molecule has 0 bridgehead atoms. The van der Waals surface area contributed by atoms with Crippen LogP contribution in [0.25, 0.3) is 6.08 Å². The van der Waals surface area contributed by atoms with Crippen molar-refractivity contribution in [3.63, 3.8) is 0 Å². The minimum absolute atomic E-state index is 0.0923. The Morgan fingerprint density at radius 2 is 1.57 bits per heavy atom. The molecule has 0 unspecified atom stereocenters. The van der Waals surface area contributed by atoms with Crippen LogP contribution in [0.5, 0.6) is 11.5 Å². The number of esters is 1. The van der Waals surface area contributed by atoms with E-state index in [9.17, 15) is 9.59 Å². The van der Waals surface area contributed by atoms with Crippen molar-refractivity contribution in [3.8, 4) is 11.5 Å². The summed E-state index contributed by atoms with van der Waals surface area (Å²) in [5.41, 5.74) is 1.80. The summed E-state index contributed by atoms with van der Waals surface area (Å²) in [5, 5.41) is 0. The Hall–Kier alpha value is -3.18. The standard InChI is InChI=1S/C23H17BrO4/c1-27-22-15-16(7-13-20(25)17-5-3-2-4-6-17)8-14-21(22)28-23(26)18-9-11-19(24)12-10-18/h2-15H,1H3/b13-7+. The monoisotopic (exact) mass is 436 g/mol. The van der Waals surface area contributed by atoms with Crippen LogP contribution in [0.1, 0.15) is 26.3 Å². The number of hydrogen-bond acceptors (Lipinski definition) is 4. The van der Waals surface area contributed by atoms with E-state index in [0.717, 1.165) is 10.0 Å². The number of methoxy groups -OCH3 is 1. The van der Waals surface area contributed by atoms with Crippen LogP contribution in [0.3, 0.4) is 0 Å². The minimum atomic E-state index is -0.478. The highest BCUT2D eigenvalue weighted by molar-refractivity contribution is 9.10. The van der Waals surface area contributed by atoms with Gasteiger partial charge in [0.05, 0.1) is 12.7 Å². The fraction of sp³-hybridized carbons (Fsp3) is 0.0435. The van der Waals surface area contributed by atoms with Crippen molar-refractivity contribution in [1.29, 1.82) is 0 Å². The maximum absolute atomic E-state index is 12.3. The van der Waals surface area contributed by atoms with Crippen LogP contribution in [0.2, 0.25) is 0 Å². The molecule has 0 heterocycles. The number of halogens is 1. The molecule has 3 aromatic rings. The third-order valence-corrected chi connectivity index (χ3v) is 4.48. The van der Waals surface area contributed by atoms with Crippen LogP contribution in [0.15, 0.2) is 83.3 Å². The maximum Gasteiger partial charge on any atom is 0.343 e. The Balaban J connectivity index is 1.75. The number of ketones is 1. The number of benzene rings is 3. The van der Waals surface area contributed by atoms with Crippen LogP contribution in [-0.4, -0.2) is 18.9 Å². The summed E-state index contributed by atoms with van der Waals surface area (Å²) in [4.78, 5) is 24.5. The molecule has 0 fully saturated rings. The van der Waals surface area contributed by atoms with Gasteiger partial charge < -0.3 is 9.47 Å². The van der Waals surface area contributed by atoms with Crippen molar-refractivity contribution in [2.75, 3.05) is 7.11 Å². The zero-order valence-corrected chi connectivity index (χ0v) is 16.7. The fourth-order valence-corrected chi connectivity index (χ4v) is 2.75. The van der Waals surface area contributed by atoms with E-state index in [-0.39, 0.29) is 5.78 Å². The van der Waals surface area contributed by atoms with Crippen LogP contribution in [0.4, 0.5) is 0 Å². The number of hydrogen-bond donors (Lipinski definition) is 0. The lowest BCUT2D eigenvalue weighted by Crippen LogP contribution is -2.09. The third-order valence-electron chi connectivity index (χ3n) is 3.96. The SMILES string of the molecule is COc1cc(/C=C/C(=O)c2ccccc2)ccc1OC(=O)c1ccc(Br)cc1. The quantitative estimate of drug-likeness (QED) is 0.219. The van der Waals surface area contributed by atoms with Gasteiger partial charge in [0.15, 0.2) is 17.3 Å². The molecule has 3 aromatic carbocycles. The molecule has 0 radical (unpaired) electrons. The van der Waals surface area contributed by atoms with Gasteiger partial charge in [0, 0.05) is 10.0 Å². The number of carbonyl (C=O) groups is 2. The molecule has 5 heteroatoms. The third kappa shape index (κ3) is 4.96. The molecular formula is C23H17BrO4. The maximum atomic E-state index is 12.3. The van der Waals surface area contributed by atoms with E-state index in [0.29, 0.717) is 22.6 Å². The van der Waals surface area contributed by atoms with Crippen LogP contribution >= 0.6 is 15.9 Å². The van der Waals surface area contributed by atoms with Crippen LogP contribution in [-0.2, 0) is 0 Å². The first-order chi connectivity index (χ1) is 13.6. The van der Waals surface area contributed by atoms with Crippen molar-refractivity contribution in [2.24, 2.45) is 0 Å². The summed E-state index contributed by atoms with van der Waals surface area (Å²) in [7, 11) is 1.49. The molecule has 0 saturated carbocycles. The van der Waals surface area contributed by atoms with E-state index in [4.69, 9.17) is 9.47 Å². The van der Waals surface area contributed by atoms with E-state index >= 15 is 0 Å². The Labute approximate surface area is 171 Å². The molecule has 3 rings (SSSR count). The van der Waals surface area contributed by atoms with Crippen LogP contribution < -0.4 is 9.47 Å². The van der Waals surface area contributed by atoms with Gasteiger partial charge in [-0.1, -0.05) is 58.4 Å². The van der Waals surface area contributed by atoms with E-state index in [1.165, 1.54) is 13.2 Å². The molecule has 0 atom stereocenters. The predicted octanol–water partition coefficient (Wildman–Crippen LogP) is 5.57. The first kappa shape index (κ1) is 19.6. The lowest BCUT2D eigenvalue weighted by molar-refractivity contribution is 0.0729. The van der Waals surface area contributed by atoms with Gasteiger partial charge in [-0.2, -0.15) is 0 Å². The molecule has 0 amide bonds. The lowest BCUT2D eigenvalue weighted by atomic mass is 10.1. The molecule has 0 aliphatic carbocycles. The Bertz CT molecular complexity index is 1010. The molecule has 0 saturated heterocycles. The largest absolute Gasteiger partial charge is 0.493 e. The number of rotatable bonds is 6. The zero-order chi connectivity index (χ0) is 19.9. The van der Waals surface area contributed by atoms with Gasteiger partial charge in [-0.05, 0) is 48.0 Å². The minimum Gasteiger partial charge on any atom is -0.493 e.